The minimum Gasteiger partial charge on any atom is -0.481 e. The number of carbonyl (C=O) groups is 1. The maximum atomic E-state index is 10.8. The summed E-state index contributed by atoms with van der Waals surface area (Å²) in [6.07, 6.45) is 5.00. The van der Waals surface area contributed by atoms with E-state index in [2.05, 4.69) is 31.2 Å². The van der Waals surface area contributed by atoms with Gasteiger partial charge in [-0.25, -0.2) is 0 Å². The standard InChI is InChI=1S/C14H28N2O2/c1-11-6-5-7-14(8-11,16(3)4)10-15-9-12(2)13(17)18/h11-12,15H,5-10H2,1-4H3,(H,17,18). The summed E-state index contributed by atoms with van der Waals surface area (Å²) in [6, 6.07) is 0. The van der Waals surface area contributed by atoms with Gasteiger partial charge in [0.15, 0.2) is 0 Å². The lowest BCUT2D eigenvalue weighted by Crippen LogP contribution is -2.54. The second-order valence-corrected chi connectivity index (χ2v) is 6.19. The van der Waals surface area contributed by atoms with Crippen molar-refractivity contribution in [2.24, 2.45) is 11.8 Å². The Labute approximate surface area is 111 Å². The maximum Gasteiger partial charge on any atom is 0.307 e. The van der Waals surface area contributed by atoms with E-state index in [1.54, 1.807) is 6.92 Å². The molecule has 18 heavy (non-hydrogen) atoms. The lowest BCUT2D eigenvalue weighted by atomic mass is 9.75. The smallest absolute Gasteiger partial charge is 0.307 e. The highest BCUT2D eigenvalue weighted by Crippen LogP contribution is 2.35. The van der Waals surface area contributed by atoms with Gasteiger partial charge in [-0.05, 0) is 32.9 Å². The monoisotopic (exact) mass is 256 g/mol. The highest BCUT2D eigenvalue weighted by Gasteiger charge is 2.36. The van der Waals surface area contributed by atoms with E-state index in [0.29, 0.717) is 6.54 Å². The zero-order valence-corrected chi connectivity index (χ0v) is 12.2. The van der Waals surface area contributed by atoms with Crippen LogP contribution in [0.25, 0.3) is 0 Å². The van der Waals surface area contributed by atoms with Crippen molar-refractivity contribution in [2.75, 3.05) is 27.2 Å². The summed E-state index contributed by atoms with van der Waals surface area (Å²) in [5, 5.41) is 12.2. The van der Waals surface area contributed by atoms with E-state index in [4.69, 9.17) is 5.11 Å². The zero-order chi connectivity index (χ0) is 13.8. The van der Waals surface area contributed by atoms with E-state index in [-0.39, 0.29) is 11.5 Å². The van der Waals surface area contributed by atoms with Gasteiger partial charge < -0.3 is 15.3 Å². The topological polar surface area (TPSA) is 52.6 Å². The van der Waals surface area contributed by atoms with Crippen LogP contribution in [0.4, 0.5) is 0 Å². The molecule has 0 bridgehead atoms. The van der Waals surface area contributed by atoms with Gasteiger partial charge in [0, 0.05) is 18.6 Å². The molecule has 1 saturated carbocycles. The van der Waals surface area contributed by atoms with Gasteiger partial charge in [-0.2, -0.15) is 0 Å². The van der Waals surface area contributed by atoms with Crippen LogP contribution in [0.2, 0.25) is 0 Å². The molecule has 3 unspecified atom stereocenters. The number of likely N-dealkylation sites (N-methyl/N-ethyl adjacent to an activating group) is 1. The van der Waals surface area contributed by atoms with Crippen molar-refractivity contribution in [3.63, 3.8) is 0 Å². The van der Waals surface area contributed by atoms with Gasteiger partial charge in [-0.15, -0.1) is 0 Å². The fourth-order valence-electron chi connectivity index (χ4n) is 2.97. The van der Waals surface area contributed by atoms with Crippen molar-refractivity contribution in [3.05, 3.63) is 0 Å². The molecule has 106 valence electrons. The quantitative estimate of drug-likeness (QED) is 0.761. The molecule has 4 nitrogen and oxygen atoms in total. The van der Waals surface area contributed by atoms with Crippen LogP contribution in [0.15, 0.2) is 0 Å². The van der Waals surface area contributed by atoms with Gasteiger partial charge in [0.05, 0.1) is 5.92 Å². The number of aliphatic carboxylic acids is 1. The van der Waals surface area contributed by atoms with Crippen molar-refractivity contribution < 1.29 is 9.90 Å². The Balaban J connectivity index is 2.50. The van der Waals surface area contributed by atoms with Crippen molar-refractivity contribution in [2.45, 2.75) is 45.1 Å². The summed E-state index contributed by atoms with van der Waals surface area (Å²) in [5.41, 5.74) is 0.204. The molecular formula is C14H28N2O2. The fourth-order valence-corrected chi connectivity index (χ4v) is 2.97. The van der Waals surface area contributed by atoms with E-state index in [1.165, 1.54) is 25.7 Å². The van der Waals surface area contributed by atoms with Crippen LogP contribution < -0.4 is 5.32 Å². The summed E-state index contributed by atoms with van der Waals surface area (Å²) in [6.45, 7) is 5.51. The molecule has 1 aliphatic carbocycles. The summed E-state index contributed by atoms with van der Waals surface area (Å²) in [4.78, 5) is 13.1. The fraction of sp³-hybridized carbons (Fsp3) is 0.929. The second kappa shape index (κ2) is 6.53. The largest absolute Gasteiger partial charge is 0.481 e. The average molecular weight is 256 g/mol. The van der Waals surface area contributed by atoms with Crippen LogP contribution >= 0.6 is 0 Å². The molecule has 0 radical (unpaired) electrons. The van der Waals surface area contributed by atoms with E-state index in [1.807, 2.05) is 0 Å². The molecule has 2 N–H and O–H groups in total. The highest BCUT2D eigenvalue weighted by molar-refractivity contribution is 5.69. The van der Waals surface area contributed by atoms with Crippen LogP contribution in [-0.2, 0) is 4.79 Å². The Morgan fingerprint density at radius 2 is 2.22 bits per heavy atom. The van der Waals surface area contributed by atoms with Gasteiger partial charge in [-0.1, -0.05) is 26.7 Å². The molecule has 4 heteroatoms. The Kier molecular flexibility index (Phi) is 5.60. The van der Waals surface area contributed by atoms with E-state index in [9.17, 15) is 4.79 Å². The Hall–Kier alpha value is -0.610. The SMILES string of the molecule is CC1CCCC(CNCC(C)C(=O)O)(N(C)C)C1. The summed E-state index contributed by atoms with van der Waals surface area (Å²) >= 11 is 0. The first-order chi connectivity index (χ1) is 8.37. The molecule has 3 atom stereocenters. The maximum absolute atomic E-state index is 10.8. The molecular weight excluding hydrogens is 228 g/mol. The summed E-state index contributed by atoms with van der Waals surface area (Å²) < 4.78 is 0. The third kappa shape index (κ3) is 3.95. The molecule has 0 aromatic heterocycles. The predicted molar refractivity (Wildman–Crippen MR) is 73.7 cm³/mol. The molecule has 0 aromatic rings. The van der Waals surface area contributed by atoms with Crippen LogP contribution in [0.1, 0.15) is 39.5 Å². The Morgan fingerprint density at radius 3 is 2.72 bits per heavy atom. The van der Waals surface area contributed by atoms with Gasteiger partial charge in [0.25, 0.3) is 0 Å². The molecule has 0 spiro atoms. The normalized spacial score (nSPS) is 30.4. The molecule has 0 amide bonds. The number of carboxylic acids is 1. The van der Waals surface area contributed by atoms with Crippen LogP contribution in [0.3, 0.4) is 0 Å². The molecule has 0 aromatic carbocycles. The molecule has 0 heterocycles. The summed E-state index contributed by atoms with van der Waals surface area (Å²) in [5.74, 6) is -0.275. The number of nitrogens with one attached hydrogen (secondary N) is 1. The van der Waals surface area contributed by atoms with Gasteiger partial charge in [-0.3, -0.25) is 4.79 Å². The van der Waals surface area contributed by atoms with Crippen LogP contribution in [0, 0.1) is 11.8 Å². The zero-order valence-electron chi connectivity index (χ0n) is 12.2. The van der Waals surface area contributed by atoms with E-state index in [0.717, 1.165) is 12.5 Å². The first-order valence-corrected chi connectivity index (χ1v) is 6.98. The number of carboxylic acid groups (broad SMARTS) is 1. The number of nitrogens with zero attached hydrogens (tertiary/aromatic N) is 1. The first-order valence-electron chi connectivity index (χ1n) is 6.98. The minimum atomic E-state index is -0.724. The second-order valence-electron chi connectivity index (χ2n) is 6.19. The average Bonchev–Trinajstić information content (AvgIpc) is 2.28. The van der Waals surface area contributed by atoms with Crippen molar-refractivity contribution in [1.29, 1.82) is 0 Å². The predicted octanol–water partition coefficient (Wildman–Crippen LogP) is 1.81. The van der Waals surface area contributed by atoms with Gasteiger partial charge in [0.2, 0.25) is 0 Å². The number of hydrogen-bond donors (Lipinski definition) is 2. The minimum absolute atomic E-state index is 0.204. The molecule has 1 rings (SSSR count). The van der Waals surface area contributed by atoms with Gasteiger partial charge >= 0.3 is 5.97 Å². The van der Waals surface area contributed by atoms with Crippen LogP contribution in [0.5, 0.6) is 0 Å². The number of rotatable bonds is 6. The molecule has 0 saturated heterocycles. The first kappa shape index (κ1) is 15.4. The third-order valence-electron chi connectivity index (χ3n) is 4.34. The van der Waals surface area contributed by atoms with Crippen molar-refractivity contribution >= 4 is 5.97 Å². The van der Waals surface area contributed by atoms with Crippen molar-refractivity contribution in [1.82, 2.24) is 10.2 Å². The molecule has 1 fully saturated rings. The lowest BCUT2D eigenvalue weighted by Gasteiger charge is -2.45. The van der Waals surface area contributed by atoms with E-state index < -0.39 is 5.97 Å². The lowest BCUT2D eigenvalue weighted by molar-refractivity contribution is -0.141. The van der Waals surface area contributed by atoms with Gasteiger partial charge in [0.1, 0.15) is 0 Å². The summed E-state index contributed by atoms with van der Waals surface area (Å²) in [7, 11) is 4.28. The van der Waals surface area contributed by atoms with E-state index >= 15 is 0 Å². The van der Waals surface area contributed by atoms with Crippen LogP contribution in [-0.4, -0.2) is 48.7 Å². The molecule has 1 aliphatic rings. The third-order valence-corrected chi connectivity index (χ3v) is 4.34. The van der Waals surface area contributed by atoms with Crippen molar-refractivity contribution in [3.8, 4) is 0 Å². The Morgan fingerprint density at radius 1 is 1.56 bits per heavy atom. The Bertz CT molecular complexity index is 281. The number of hydrogen-bond acceptors (Lipinski definition) is 3. The highest BCUT2D eigenvalue weighted by atomic mass is 16.4. The molecule has 0 aliphatic heterocycles.